The Bertz CT molecular complexity index is 107. The lowest BCUT2D eigenvalue weighted by molar-refractivity contribution is 0.357. The van der Waals surface area contributed by atoms with Gasteiger partial charge in [0.25, 0.3) is 0 Å². The zero-order valence-electron chi connectivity index (χ0n) is 7.59. The van der Waals surface area contributed by atoms with Gasteiger partial charge >= 0.3 is 8.56 Å². The van der Waals surface area contributed by atoms with Gasteiger partial charge in [-0.3, -0.25) is 0 Å². The van der Waals surface area contributed by atoms with Crippen LogP contribution < -0.4 is 5.32 Å². The molecule has 3 N–H and O–H groups in total. The molecular weight excluding hydrogens is 158 g/mol. The molecule has 0 aliphatic heterocycles. The summed E-state index contributed by atoms with van der Waals surface area (Å²) in [5.74, 6) is 0. The molecule has 0 aromatic carbocycles. The monoisotopic (exact) mass is 177 g/mol. The standard InChI is InChI=1S/C7H19NO2Si/c1-4-11(9,10)6-5-8-7(2)3/h7-10H,4-6H2,1-3H3. The second-order valence-electron chi connectivity index (χ2n) is 3.19. The smallest absolute Gasteiger partial charge is 0.333 e. The average molecular weight is 177 g/mol. The molecule has 0 fully saturated rings. The molecule has 0 saturated heterocycles. The molecule has 0 spiro atoms. The fraction of sp³-hybridized carbons (Fsp3) is 1.00. The maximum absolute atomic E-state index is 9.29. The molecule has 0 rings (SSSR count). The molecule has 0 radical (unpaired) electrons. The highest BCUT2D eigenvalue weighted by atomic mass is 28.4. The van der Waals surface area contributed by atoms with E-state index in [0.717, 1.165) is 0 Å². The topological polar surface area (TPSA) is 52.5 Å². The third kappa shape index (κ3) is 6.49. The molecule has 0 unspecified atom stereocenters. The van der Waals surface area contributed by atoms with E-state index in [1.165, 1.54) is 0 Å². The van der Waals surface area contributed by atoms with Crippen molar-refractivity contribution >= 4 is 8.56 Å². The highest BCUT2D eigenvalue weighted by molar-refractivity contribution is 6.64. The Labute approximate surface area is 69.7 Å². The number of nitrogens with one attached hydrogen (secondary N) is 1. The van der Waals surface area contributed by atoms with Crippen molar-refractivity contribution < 1.29 is 9.59 Å². The van der Waals surface area contributed by atoms with Crippen molar-refractivity contribution in [3.05, 3.63) is 0 Å². The molecule has 0 bridgehead atoms. The third-order valence-corrected chi connectivity index (χ3v) is 3.83. The quantitative estimate of drug-likeness (QED) is 0.534. The van der Waals surface area contributed by atoms with Crippen LogP contribution in [-0.4, -0.2) is 30.7 Å². The van der Waals surface area contributed by atoms with Crippen molar-refractivity contribution in [1.29, 1.82) is 0 Å². The Kier molecular flexibility index (Phi) is 4.91. The SMILES string of the molecule is CC[Si](O)(O)CCNC(C)C. The van der Waals surface area contributed by atoms with Crippen molar-refractivity contribution in [3.8, 4) is 0 Å². The summed E-state index contributed by atoms with van der Waals surface area (Å²) in [6.45, 7) is 6.63. The molecule has 3 nitrogen and oxygen atoms in total. The van der Waals surface area contributed by atoms with Crippen LogP contribution in [0.25, 0.3) is 0 Å². The molecule has 0 heterocycles. The molecule has 0 aromatic rings. The van der Waals surface area contributed by atoms with Gasteiger partial charge in [-0.25, -0.2) is 0 Å². The van der Waals surface area contributed by atoms with Gasteiger partial charge in [0.05, 0.1) is 0 Å². The molecule has 68 valence electrons. The van der Waals surface area contributed by atoms with E-state index in [-0.39, 0.29) is 0 Å². The normalized spacial score (nSPS) is 12.5. The van der Waals surface area contributed by atoms with Gasteiger partial charge in [0, 0.05) is 12.1 Å². The lowest BCUT2D eigenvalue weighted by Crippen LogP contribution is -2.38. The fourth-order valence-corrected chi connectivity index (χ4v) is 1.64. The summed E-state index contributed by atoms with van der Waals surface area (Å²) in [6.07, 6.45) is 0. The molecular formula is C7H19NO2Si. The minimum atomic E-state index is -2.81. The van der Waals surface area contributed by atoms with Crippen molar-refractivity contribution in [3.63, 3.8) is 0 Å². The fourth-order valence-electron chi connectivity index (χ4n) is 0.738. The second-order valence-corrected chi connectivity index (χ2v) is 6.37. The zero-order chi connectivity index (χ0) is 8.91. The van der Waals surface area contributed by atoms with Gasteiger partial charge in [0.2, 0.25) is 0 Å². The molecule has 4 heteroatoms. The van der Waals surface area contributed by atoms with Crippen LogP contribution in [0, 0.1) is 0 Å². The molecule has 0 amide bonds. The van der Waals surface area contributed by atoms with Crippen LogP contribution in [0.4, 0.5) is 0 Å². The maximum atomic E-state index is 9.29. The molecule has 0 atom stereocenters. The summed E-state index contributed by atoms with van der Waals surface area (Å²) in [7, 11) is -2.81. The third-order valence-electron chi connectivity index (χ3n) is 1.64. The van der Waals surface area contributed by atoms with Crippen molar-refractivity contribution in [1.82, 2.24) is 5.32 Å². The zero-order valence-corrected chi connectivity index (χ0v) is 8.59. The van der Waals surface area contributed by atoms with E-state index in [1.54, 1.807) is 0 Å². The number of hydrogen-bond acceptors (Lipinski definition) is 3. The Hall–Kier alpha value is 0.0969. The molecule has 0 aliphatic rings. The van der Waals surface area contributed by atoms with Gasteiger partial charge in [-0.1, -0.05) is 20.8 Å². The van der Waals surface area contributed by atoms with E-state index in [4.69, 9.17) is 0 Å². The Morgan fingerprint density at radius 3 is 2.27 bits per heavy atom. The van der Waals surface area contributed by atoms with Gasteiger partial charge in [-0.05, 0) is 12.6 Å². The molecule has 0 saturated carbocycles. The highest BCUT2D eigenvalue weighted by Crippen LogP contribution is 2.05. The summed E-state index contributed by atoms with van der Waals surface area (Å²) in [5.41, 5.74) is 0. The Morgan fingerprint density at radius 1 is 1.36 bits per heavy atom. The summed E-state index contributed by atoms with van der Waals surface area (Å²) < 4.78 is 0. The van der Waals surface area contributed by atoms with Gasteiger partial charge in [-0.2, -0.15) is 0 Å². The van der Waals surface area contributed by atoms with E-state index >= 15 is 0 Å². The first kappa shape index (κ1) is 11.1. The van der Waals surface area contributed by atoms with Gasteiger partial charge < -0.3 is 14.9 Å². The van der Waals surface area contributed by atoms with E-state index in [1.807, 2.05) is 20.8 Å². The van der Waals surface area contributed by atoms with Crippen molar-refractivity contribution in [2.24, 2.45) is 0 Å². The lowest BCUT2D eigenvalue weighted by atomic mass is 10.4. The van der Waals surface area contributed by atoms with E-state index in [2.05, 4.69) is 5.32 Å². The van der Waals surface area contributed by atoms with Crippen LogP contribution in [0.2, 0.25) is 12.1 Å². The molecule has 0 aromatic heterocycles. The van der Waals surface area contributed by atoms with E-state index in [0.29, 0.717) is 24.7 Å². The van der Waals surface area contributed by atoms with Gasteiger partial charge in [0.1, 0.15) is 0 Å². The van der Waals surface area contributed by atoms with Crippen LogP contribution >= 0.6 is 0 Å². The average Bonchev–Trinajstić information content (AvgIpc) is 1.87. The Morgan fingerprint density at radius 2 is 1.91 bits per heavy atom. The Balaban J connectivity index is 3.38. The van der Waals surface area contributed by atoms with E-state index < -0.39 is 8.56 Å². The van der Waals surface area contributed by atoms with Crippen LogP contribution in [0.15, 0.2) is 0 Å². The van der Waals surface area contributed by atoms with Gasteiger partial charge in [0.15, 0.2) is 0 Å². The van der Waals surface area contributed by atoms with Crippen LogP contribution in [-0.2, 0) is 0 Å². The van der Waals surface area contributed by atoms with Crippen LogP contribution in [0.1, 0.15) is 20.8 Å². The number of rotatable bonds is 5. The minimum Gasteiger partial charge on any atom is -0.411 e. The lowest BCUT2D eigenvalue weighted by Gasteiger charge is -2.16. The number of hydrogen-bond donors (Lipinski definition) is 3. The first-order valence-corrected chi connectivity index (χ1v) is 6.47. The first-order valence-electron chi connectivity index (χ1n) is 4.16. The molecule has 11 heavy (non-hydrogen) atoms. The maximum Gasteiger partial charge on any atom is 0.333 e. The predicted octanol–water partition coefficient (Wildman–Crippen LogP) is 0.431. The first-order chi connectivity index (χ1) is 4.98. The highest BCUT2D eigenvalue weighted by Gasteiger charge is 2.25. The van der Waals surface area contributed by atoms with Crippen LogP contribution in [0.3, 0.4) is 0 Å². The van der Waals surface area contributed by atoms with Gasteiger partial charge in [-0.15, -0.1) is 0 Å². The minimum absolute atomic E-state index is 0.427. The largest absolute Gasteiger partial charge is 0.411 e. The summed E-state index contributed by atoms with van der Waals surface area (Å²) in [5, 5.41) is 3.15. The van der Waals surface area contributed by atoms with Crippen molar-refractivity contribution in [2.75, 3.05) is 6.54 Å². The summed E-state index contributed by atoms with van der Waals surface area (Å²) in [6, 6.07) is 1.48. The van der Waals surface area contributed by atoms with Crippen LogP contribution in [0.5, 0.6) is 0 Å². The summed E-state index contributed by atoms with van der Waals surface area (Å²) in [4.78, 5) is 18.6. The van der Waals surface area contributed by atoms with Crippen molar-refractivity contribution in [2.45, 2.75) is 38.9 Å². The summed E-state index contributed by atoms with van der Waals surface area (Å²) >= 11 is 0. The molecule has 0 aliphatic carbocycles. The second kappa shape index (κ2) is 4.87. The predicted molar refractivity (Wildman–Crippen MR) is 48.6 cm³/mol. The van der Waals surface area contributed by atoms with E-state index in [9.17, 15) is 9.59 Å².